The van der Waals surface area contributed by atoms with E-state index in [1.807, 2.05) is 0 Å². The van der Waals surface area contributed by atoms with Crippen molar-refractivity contribution in [2.24, 2.45) is 11.8 Å². The molecule has 2 fully saturated rings. The Balaban J connectivity index is 1.40. The van der Waals surface area contributed by atoms with Crippen molar-refractivity contribution >= 4 is 0 Å². The molecule has 0 saturated carbocycles. The van der Waals surface area contributed by atoms with Gasteiger partial charge in [0.15, 0.2) is 12.6 Å². The van der Waals surface area contributed by atoms with E-state index in [0.717, 1.165) is 18.8 Å². The van der Waals surface area contributed by atoms with Crippen molar-refractivity contribution in [2.45, 2.75) is 52.1 Å². The van der Waals surface area contributed by atoms with Gasteiger partial charge in [-0.25, -0.2) is 0 Å². The SMILES string of the molecule is CCCCCC1COC(C2COC(c3ccc(C)cc3)OC2)OC1. The maximum atomic E-state index is 5.94. The lowest BCUT2D eigenvalue weighted by atomic mass is 10.0. The van der Waals surface area contributed by atoms with Crippen molar-refractivity contribution in [2.75, 3.05) is 26.4 Å². The van der Waals surface area contributed by atoms with Crippen LogP contribution >= 0.6 is 0 Å². The minimum absolute atomic E-state index is 0.156. The Morgan fingerprint density at radius 2 is 1.54 bits per heavy atom. The summed E-state index contributed by atoms with van der Waals surface area (Å²) >= 11 is 0. The predicted octanol–water partition coefficient (Wildman–Crippen LogP) is 4.23. The average molecular weight is 334 g/mol. The zero-order valence-corrected chi connectivity index (χ0v) is 14.9. The lowest BCUT2D eigenvalue weighted by Crippen LogP contribution is -2.43. The lowest BCUT2D eigenvalue weighted by Gasteiger charge is -2.37. The standard InChI is InChI=1S/C20H30O4/c1-3-4-5-6-16-11-21-20(22-12-16)18-13-23-19(24-14-18)17-9-7-15(2)8-10-17/h7-10,16,18-20H,3-6,11-14H2,1-2H3. The third-order valence-corrected chi connectivity index (χ3v) is 4.87. The Bertz CT molecular complexity index is 471. The molecule has 1 aromatic carbocycles. The van der Waals surface area contributed by atoms with Crippen molar-refractivity contribution in [3.63, 3.8) is 0 Å². The van der Waals surface area contributed by atoms with E-state index in [1.54, 1.807) is 0 Å². The van der Waals surface area contributed by atoms with Crippen LogP contribution in [-0.2, 0) is 18.9 Å². The molecule has 134 valence electrons. The first-order chi connectivity index (χ1) is 11.8. The third kappa shape index (κ3) is 4.79. The molecule has 0 amide bonds. The van der Waals surface area contributed by atoms with Crippen LogP contribution in [-0.4, -0.2) is 32.7 Å². The quantitative estimate of drug-likeness (QED) is 0.730. The molecule has 2 aliphatic heterocycles. The largest absolute Gasteiger partial charge is 0.352 e. The van der Waals surface area contributed by atoms with Crippen molar-refractivity contribution in [3.05, 3.63) is 35.4 Å². The highest BCUT2D eigenvalue weighted by atomic mass is 16.7. The van der Waals surface area contributed by atoms with Crippen molar-refractivity contribution in [3.8, 4) is 0 Å². The smallest absolute Gasteiger partial charge is 0.183 e. The summed E-state index contributed by atoms with van der Waals surface area (Å²) in [5.41, 5.74) is 2.31. The van der Waals surface area contributed by atoms with Gasteiger partial charge in [-0.2, -0.15) is 0 Å². The van der Waals surface area contributed by atoms with E-state index in [-0.39, 0.29) is 18.5 Å². The average Bonchev–Trinajstić information content (AvgIpc) is 2.63. The summed E-state index contributed by atoms with van der Waals surface area (Å²) in [6.45, 7) is 7.14. The van der Waals surface area contributed by atoms with Crippen LogP contribution in [0.3, 0.4) is 0 Å². The maximum Gasteiger partial charge on any atom is 0.183 e. The van der Waals surface area contributed by atoms with Crippen LogP contribution in [0.2, 0.25) is 0 Å². The highest BCUT2D eigenvalue weighted by molar-refractivity contribution is 5.22. The summed E-state index contributed by atoms with van der Waals surface area (Å²) < 4.78 is 23.7. The first-order valence-corrected chi connectivity index (χ1v) is 9.29. The number of unbranched alkanes of at least 4 members (excludes halogenated alkanes) is 2. The summed E-state index contributed by atoms with van der Waals surface area (Å²) in [6.07, 6.45) is 4.57. The third-order valence-electron chi connectivity index (χ3n) is 4.87. The molecule has 0 spiro atoms. The number of benzene rings is 1. The first-order valence-electron chi connectivity index (χ1n) is 9.29. The minimum Gasteiger partial charge on any atom is -0.352 e. The zero-order chi connectivity index (χ0) is 16.8. The van der Waals surface area contributed by atoms with Gasteiger partial charge in [0.1, 0.15) is 0 Å². The zero-order valence-electron chi connectivity index (χ0n) is 14.9. The lowest BCUT2D eigenvalue weighted by molar-refractivity contribution is -0.283. The van der Waals surface area contributed by atoms with Crippen LogP contribution in [0.5, 0.6) is 0 Å². The second kappa shape index (κ2) is 8.95. The molecule has 0 aromatic heterocycles. The molecular weight excluding hydrogens is 304 g/mol. The van der Waals surface area contributed by atoms with Crippen molar-refractivity contribution in [1.82, 2.24) is 0 Å². The second-order valence-electron chi connectivity index (χ2n) is 7.07. The van der Waals surface area contributed by atoms with E-state index in [4.69, 9.17) is 18.9 Å². The van der Waals surface area contributed by atoms with Gasteiger partial charge in [-0.15, -0.1) is 0 Å². The van der Waals surface area contributed by atoms with Gasteiger partial charge < -0.3 is 18.9 Å². The number of aryl methyl sites for hydroxylation is 1. The van der Waals surface area contributed by atoms with E-state index in [0.29, 0.717) is 19.1 Å². The maximum absolute atomic E-state index is 5.94. The van der Waals surface area contributed by atoms with Crippen LogP contribution in [0.4, 0.5) is 0 Å². The Hall–Kier alpha value is -0.940. The summed E-state index contributed by atoms with van der Waals surface area (Å²) in [6, 6.07) is 8.30. The molecule has 0 unspecified atom stereocenters. The molecule has 1 aromatic rings. The summed E-state index contributed by atoms with van der Waals surface area (Å²) in [7, 11) is 0. The fraction of sp³-hybridized carbons (Fsp3) is 0.700. The molecule has 4 nitrogen and oxygen atoms in total. The normalized spacial score (nSPS) is 31.1. The van der Waals surface area contributed by atoms with Gasteiger partial charge in [-0.05, 0) is 13.3 Å². The molecule has 24 heavy (non-hydrogen) atoms. The van der Waals surface area contributed by atoms with Gasteiger partial charge in [0.05, 0.1) is 32.3 Å². The van der Waals surface area contributed by atoms with Gasteiger partial charge in [0.2, 0.25) is 0 Å². The van der Waals surface area contributed by atoms with Gasteiger partial charge >= 0.3 is 0 Å². The van der Waals surface area contributed by atoms with E-state index in [9.17, 15) is 0 Å². The summed E-state index contributed by atoms with van der Waals surface area (Å²) in [5.74, 6) is 0.696. The predicted molar refractivity (Wildman–Crippen MR) is 92.6 cm³/mol. The van der Waals surface area contributed by atoms with Gasteiger partial charge in [-0.3, -0.25) is 0 Å². The fourth-order valence-electron chi connectivity index (χ4n) is 3.27. The van der Waals surface area contributed by atoms with Crippen LogP contribution in [0.1, 0.15) is 50.0 Å². The topological polar surface area (TPSA) is 36.9 Å². The molecule has 2 saturated heterocycles. The molecule has 3 rings (SSSR count). The second-order valence-corrected chi connectivity index (χ2v) is 7.07. The molecule has 0 N–H and O–H groups in total. The summed E-state index contributed by atoms with van der Waals surface area (Å²) in [5, 5.41) is 0. The number of ether oxygens (including phenoxy) is 4. The molecule has 0 radical (unpaired) electrons. The fourth-order valence-corrected chi connectivity index (χ4v) is 3.27. The monoisotopic (exact) mass is 334 g/mol. The van der Waals surface area contributed by atoms with Crippen LogP contribution in [0, 0.1) is 18.8 Å². The van der Waals surface area contributed by atoms with Crippen LogP contribution < -0.4 is 0 Å². The highest BCUT2D eigenvalue weighted by Gasteiger charge is 2.33. The van der Waals surface area contributed by atoms with Crippen LogP contribution in [0.15, 0.2) is 24.3 Å². The van der Waals surface area contributed by atoms with Gasteiger partial charge in [-0.1, -0.05) is 56.0 Å². The molecule has 2 aliphatic rings. The number of rotatable bonds is 6. The minimum atomic E-state index is -0.271. The van der Waals surface area contributed by atoms with Gasteiger partial charge in [0.25, 0.3) is 0 Å². The Kier molecular flexibility index (Phi) is 6.67. The number of hydrogen-bond acceptors (Lipinski definition) is 4. The van der Waals surface area contributed by atoms with Gasteiger partial charge in [0, 0.05) is 11.5 Å². The highest BCUT2D eigenvalue weighted by Crippen LogP contribution is 2.29. The van der Waals surface area contributed by atoms with Crippen molar-refractivity contribution in [1.29, 1.82) is 0 Å². The Labute approximate surface area is 145 Å². The molecule has 0 atom stereocenters. The Morgan fingerprint density at radius 1 is 0.875 bits per heavy atom. The molecule has 0 aliphatic carbocycles. The molecule has 4 heteroatoms. The van der Waals surface area contributed by atoms with E-state index < -0.39 is 0 Å². The summed E-state index contributed by atoms with van der Waals surface area (Å²) in [4.78, 5) is 0. The molecule has 2 heterocycles. The van der Waals surface area contributed by atoms with Crippen molar-refractivity contribution < 1.29 is 18.9 Å². The number of hydrogen-bond donors (Lipinski definition) is 0. The van der Waals surface area contributed by atoms with E-state index >= 15 is 0 Å². The Morgan fingerprint density at radius 3 is 2.17 bits per heavy atom. The molecule has 0 bridgehead atoms. The molecular formula is C20H30O4. The van der Waals surface area contributed by atoms with Crippen LogP contribution in [0.25, 0.3) is 0 Å². The first kappa shape index (κ1) is 17.9. The van der Waals surface area contributed by atoms with E-state index in [2.05, 4.69) is 38.1 Å². The van der Waals surface area contributed by atoms with E-state index in [1.165, 1.54) is 31.2 Å².